The van der Waals surface area contributed by atoms with Gasteiger partial charge in [0.1, 0.15) is 11.4 Å². The van der Waals surface area contributed by atoms with Crippen LogP contribution in [0.5, 0.6) is 5.75 Å². The average Bonchev–Trinajstić information content (AvgIpc) is 2.45. The van der Waals surface area contributed by atoms with Crippen LogP contribution in [0, 0.1) is 0 Å². The zero-order chi connectivity index (χ0) is 12.6. The van der Waals surface area contributed by atoms with E-state index in [1.807, 2.05) is 66.7 Å². The van der Waals surface area contributed by atoms with Crippen molar-refractivity contribution in [1.82, 2.24) is 0 Å². The van der Waals surface area contributed by atoms with Gasteiger partial charge in [-0.1, -0.05) is 48.5 Å². The number of para-hydroxylation sites is 2. The van der Waals surface area contributed by atoms with Crippen LogP contribution in [-0.2, 0) is 0 Å². The molecule has 0 atom stereocenters. The first kappa shape index (κ1) is 12.1. The van der Waals surface area contributed by atoms with E-state index < -0.39 is 0 Å². The average molecular weight is 237 g/mol. The number of hydrogen-bond acceptors (Lipinski definition) is 2. The quantitative estimate of drug-likeness (QED) is 0.733. The zero-order valence-electron chi connectivity index (χ0n) is 10.3. The van der Waals surface area contributed by atoms with Gasteiger partial charge in [0.25, 0.3) is 0 Å². The Balaban J connectivity index is 2.06. The number of methoxy groups -OCH3 is 1. The Morgan fingerprint density at radius 1 is 0.944 bits per heavy atom. The number of nitrogens with zero attached hydrogens (tertiary/aromatic N) is 1. The molecule has 0 fully saturated rings. The molecule has 2 aromatic carbocycles. The minimum absolute atomic E-state index is 0.780. The molecule has 0 bridgehead atoms. The van der Waals surface area contributed by atoms with Crippen LogP contribution in [-0.4, -0.2) is 13.3 Å². The smallest absolute Gasteiger partial charge is 0.144 e. The molecule has 0 aliphatic heterocycles. The predicted octanol–water partition coefficient (Wildman–Crippen LogP) is 4.11. The van der Waals surface area contributed by atoms with Gasteiger partial charge < -0.3 is 4.74 Å². The van der Waals surface area contributed by atoms with Crippen molar-refractivity contribution in [3.05, 3.63) is 66.2 Å². The molecular weight excluding hydrogens is 222 g/mol. The third-order valence-corrected chi connectivity index (χ3v) is 2.47. The first-order valence-corrected chi connectivity index (χ1v) is 5.79. The maximum absolute atomic E-state index is 5.22. The standard InChI is InChI=1S/C16H15NO/c1-18-16-12-6-5-11-15(16)17-13-7-10-14-8-3-2-4-9-14/h2-13H,1H3/b10-7+,17-13?. The van der Waals surface area contributed by atoms with Crippen molar-refractivity contribution in [2.75, 3.05) is 7.11 Å². The minimum atomic E-state index is 0.780. The summed E-state index contributed by atoms with van der Waals surface area (Å²) in [7, 11) is 1.65. The molecule has 2 heteroatoms. The fourth-order valence-electron chi connectivity index (χ4n) is 1.58. The highest BCUT2D eigenvalue weighted by molar-refractivity contribution is 5.81. The molecule has 0 heterocycles. The summed E-state index contributed by atoms with van der Waals surface area (Å²) in [5.41, 5.74) is 1.99. The van der Waals surface area contributed by atoms with Crippen molar-refractivity contribution in [2.45, 2.75) is 0 Å². The Labute approximate surface area is 107 Å². The van der Waals surface area contributed by atoms with Crippen LogP contribution in [0.15, 0.2) is 65.7 Å². The summed E-state index contributed by atoms with van der Waals surface area (Å²) in [6, 6.07) is 17.8. The molecule has 0 spiro atoms. The van der Waals surface area contributed by atoms with Crippen molar-refractivity contribution in [3.8, 4) is 5.75 Å². The maximum atomic E-state index is 5.22. The van der Waals surface area contributed by atoms with E-state index in [1.165, 1.54) is 0 Å². The van der Waals surface area contributed by atoms with Crippen LogP contribution in [0.4, 0.5) is 5.69 Å². The number of aliphatic imine (C=N–C) groups is 1. The van der Waals surface area contributed by atoms with E-state index >= 15 is 0 Å². The molecule has 0 radical (unpaired) electrons. The highest BCUT2D eigenvalue weighted by Crippen LogP contribution is 2.25. The summed E-state index contributed by atoms with van der Waals surface area (Å²) in [5.74, 6) is 0.780. The first-order chi connectivity index (χ1) is 8.90. The summed E-state index contributed by atoms with van der Waals surface area (Å²) in [6.45, 7) is 0. The predicted molar refractivity (Wildman–Crippen MR) is 76.6 cm³/mol. The lowest BCUT2D eigenvalue weighted by molar-refractivity contribution is 0.416. The molecule has 0 aromatic heterocycles. The second-order valence-corrected chi connectivity index (χ2v) is 3.72. The third-order valence-electron chi connectivity index (χ3n) is 2.47. The molecule has 0 aliphatic rings. The number of benzene rings is 2. The van der Waals surface area contributed by atoms with Crippen LogP contribution in [0.1, 0.15) is 5.56 Å². The van der Waals surface area contributed by atoms with Crippen LogP contribution < -0.4 is 4.74 Å². The molecule has 2 nitrogen and oxygen atoms in total. The van der Waals surface area contributed by atoms with Gasteiger partial charge in [0.15, 0.2) is 0 Å². The second-order valence-electron chi connectivity index (χ2n) is 3.72. The molecule has 18 heavy (non-hydrogen) atoms. The normalized spacial score (nSPS) is 11.2. The number of allylic oxidation sites excluding steroid dienone is 1. The highest BCUT2D eigenvalue weighted by atomic mass is 16.5. The third kappa shape index (κ3) is 3.32. The van der Waals surface area contributed by atoms with Gasteiger partial charge in [-0.05, 0) is 23.8 Å². The van der Waals surface area contributed by atoms with Crippen LogP contribution >= 0.6 is 0 Å². The zero-order valence-corrected chi connectivity index (χ0v) is 10.3. The lowest BCUT2D eigenvalue weighted by atomic mass is 10.2. The Bertz CT molecular complexity index is 544. The Hall–Kier alpha value is -2.35. The summed E-state index contributed by atoms with van der Waals surface area (Å²) in [6.07, 6.45) is 5.70. The van der Waals surface area contributed by atoms with Crippen LogP contribution in [0.3, 0.4) is 0 Å². The fraction of sp³-hybridized carbons (Fsp3) is 0.0625. The molecule has 0 aliphatic carbocycles. The van der Waals surface area contributed by atoms with Gasteiger partial charge in [0.2, 0.25) is 0 Å². The summed E-state index contributed by atoms with van der Waals surface area (Å²) >= 11 is 0. The summed E-state index contributed by atoms with van der Waals surface area (Å²) in [5, 5.41) is 0. The molecule has 0 saturated heterocycles. The molecule has 2 rings (SSSR count). The van der Waals surface area contributed by atoms with Gasteiger partial charge in [-0.15, -0.1) is 0 Å². The topological polar surface area (TPSA) is 21.6 Å². The second kappa shape index (κ2) is 6.40. The maximum Gasteiger partial charge on any atom is 0.144 e. The molecule has 0 saturated carbocycles. The number of hydrogen-bond donors (Lipinski definition) is 0. The highest BCUT2D eigenvalue weighted by Gasteiger charge is 1.96. The van der Waals surface area contributed by atoms with E-state index in [9.17, 15) is 0 Å². The molecule has 90 valence electrons. The van der Waals surface area contributed by atoms with Crippen molar-refractivity contribution in [1.29, 1.82) is 0 Å². The van der Waals surface area contributed by atoms with Gasteiger partial charge in [0.05, 0.1) is 7.11 Å². The van der Waals surface area contributed by atoms with Crippen molar-refractivity contribution in [2.24, 2.45) is 4.99 Å². The van der Waals surface area contributed by atoms with Crippen molar-refractivity contribution in [3.63, 3.8) is 0 Å². The number of rotatable bonds is 4. The van der Waals surface area contributed by atoms with Gasteiger partial charge in [-0.2, -0.15) is 0 Å². The Morgan fingerprint density at radius 3 is 2.44 bits per heavy atom. The SMILES string of the molecule is COc1ccccc1N=C/C=C/c1ccccc1. The largest absolute Gasteiger partial charge is 0.494 e. The van der Waals surface area contributed by atoms with Crippen LogP contribution in [0.2, 0.25) is 0 Å². The molecule has 0 amide bonds. The summed E-state index contributed by atoms with van der Waals surface area (Å²) < 4.78 is 5.22. The molecular formula is C16H15NO. The van der Waals surface area contributed by atoms with Gasteiger partial charge in [0, 0.05) is 6.21 Å². The van der Waals surface area contributed by atoms with E-state index in [4.69, 9.17) is 4.74 Å². The molecule has 0 N–H and O–H groups in total. The van der Waals surface area contributed by atoms with E-state index in [2.05, 4.69) is 4.99 Å². The Kier molecular flexibility index (Phi) is 4.31. The minimum Gasteiger partial charge on any atom is -0.494 e. The Morgan fingerprint density at radius 2 is 1.67 bits per heavy atom. The summed E-state index contributed by atoms with van der Waals surface area (Å²) in [4.78, 5) is 4.36. The van der Waals surface area contributed by atoms with Crippen molar-refractivity contribution < 1.29 is 4.74 Å². The number of ether oxygens (including phenoxy) is 1. The van der Waals surface area contributed by atoms with E-state index in [0.717, 1.165) is 17.0 Å². The van der Waals surface area contributed by atoms with Gasteiger partial charge >= 0.3 is 0 Å². The molecule has 0 unspecified atom stereocenters. The van der Waals surface area contributed by atoms with E-state index in [1.54, 1.807) is 13.3 Å². The lowest BCUT2D eigenvalue weighted by Crippen LogP contribution is -1.82. The monoisotopic (exact) mass is 237 g/mol. The fourth-order valence-corrected chi connectivity index (χ4v) is 1.58. The van der Waals surface area contributed by atoms with E-state index in [-0.39, 0.29) is 0 Å². The lowest BCUT2D eigenvalue weighted by Gasteiger charge is -2.01. The first-order valence-electron chi connectivity index (χ1n) is 5.79. The molecule has 2 aromatic rings. The van der Waals surface area contributed by atoms with E-state index in [0.29, 0.717) is 0 Å². The van der Waals surface area contributed by atoms with Gasteiger partial charge in [-0.25, -0.2) is 0 Å². The van der Waals surface area contributed by atoms with Crippen molar-refractivity contribution >= 4 is 18.0 Å². The van der Waals surface area contributed by atoms with Crippen LogP contribution in [0.25, 0.3) is 6.08 Å². The van der Waals surface area contributed by atoms with Gasteiger partial charge in [-0.3, -0.25) is 4.99 Å².